The molecule has 0 atom stereocenters. The van der Waals surface area contributed by atoms with Crippen molar-refractivity contribution in [1.29, 1.82) is 0 Å². The molecule has 0 saturated heterocycles. The van der Waals surface area contributed by atoms with Gasteiger partial charge in [-0.05, 0) is 0 Å². The number of hydrogen-bond acceptors (Lipinski definition) is 2. The predicted molar refractivity (Wildman–Crippen MR) is 15.1 cm³/mol. The van der Waals surface area contributed by atoms with Gasteiger partial charge in [0.25, 0.3) is 0 Å². The van der Waals surface area contributed by atoms with E-state index in [1.807, 2.05) is 5.73 Å². The summed E-state index contributed by atoms with van der Waals surface area (Å²) in [7, 11) is 0. The van der Waals surface area contributed by atoms with Gasteiger partial charge in [0, 0.05) is 6.54 Å². The van der Waals surface area contributed by atoms with Crippen LogP contribution >= 0.6 is 0 Å². The van der Waals surface area contributed by atoms with Gasteiger partial charge in [-0.15, -0.1) is 0 Å². The first kappa shape index (κ1) is 1.91. The SMILES string of the molecule is [3H]NCC=O. The van der Waals surface area contributed by atoms with E-state index in [9.17, 15) is 4.79 Å². The summed E-state index contributed by atoms with van der Waals surface area (Å²) in [4.78, 5) is 9.22. The first-order valence-electron chi connectivity index (χ1n) is 1.50. The van der Waals surface area contributed by atoms with Crippen molar-refractivity contribution in [3.63, 3.8) is 0 Å². The molecule has 0 spiro atoms. The largest absolute Gasteiger partial charge is 0.324 e. The Balaban J connectivity index is 2.40. The van der Waals surface area contributed by atoms with Gasteiger partial charge in [-0.3, -0.25) is 0 Å². The minimum Gasteiger partial charge on any atom is -0.324 e. The van der Waals surface area contributed by atoms with E-state index in [0.717, 1.165) is 0 Å². The highest BCUT2D eigenvalue weighted by atomic mass is 16.1. The van der Waals surface area contributed by atoms with Crippen molar-refractivity contribution in [2.75, 3.05) is 6.54 Å². The summed E-state index contributed by atoms with van der Waals surface area (Å²) < 4.78 is 6.12. The van der Waals surface area contributed by atoms with E-state index in [1.165, 1.54) is 0 Å². The maximum atomic E-state index is 9.22. The van der Waals surface area contributed by atoms with Crippen LogP contribution in [-0.4, -0.2) is 12.8 Å². The molecular formula is C2H5NO. The quantitative estimate of drug-likeness (QED) is 0.422. The molecule has 2 N–H and O–H groups in total. The molecule has 2 nitrogen and oxygen atoms in total. The first-order valence-corrected chi connectivity index (χ1v) is 0.998. The van der Waals surface area contributed by atoms with Crippen molar-refractivity contribution in [3.05, 3.63) is 0 Å². The third-order valence-electron chi connectivity index (χ3n) is 0.0833. The van der Waals surface area contributed by atoms with Crippen LogP contribution < -0.4 is 5.73 Å². The van der Waals surface area contributed by atoms with Gasteiger partial charge in [-0.2, -0.15) is 0 Å². The average molecular weight is 61.1 g/mol. The van der Waals surface area contributed by atoms with Crippen LogP contribution in [0.5, 0.6) is 0 Å². The van der Waals surface area contributed by atoms with E-state index in [4.69, 9.17) is 1.41 Å². The second-order valence-corrected chi connectivity index (χ2v) is 0.371. The lowest BCUT2D eigenvalue weighted by Gasteiger charge is -1.55. The summed E-state index contributed by atoms with van der Waals surface area (Å²) in [5.74, 6) is 0. The van der Waals surface area contributed by atoms with Crippen LogP contribution in [0.15, 0.2) is 0 Å². The number of nitrogens with two attached hydrogens (primary N) is 1. The fraction of sp³-hybridized carbons (Fsp3) is 0.500. The Morgan fingerprint density at radius 3 is 3.25 bits per heavy atom. The summed E-state index contributed by atoms with van der Waals surface area (Å²) in [6, 6.07) is 0. The van der Waals surface area contributed by atoms with Gasteiger partial charge in [0.05, 0.1) is 0 Å². The van der Waals surface area contributed by atoms with Crippen molar-refractivity contribution < 1.29 is 6.21 Å². The van der Waals surface area contributed by atoms with Crippen LogP contribution in [0, 0.1) is 0 Å². The minimum absolute atomic E-state index is 0.125. The van der Waals surface area contributed by atoms with Crippen LogP contribution in [-0.2, 0) is 4.79 Å². The lowest BCUT2D eigenvalue weighted by Crippen LogP contribution is -1.97. The molecule has 0 unspecified atom stereocenters. The Morgan fingerprint density at radius 1 is 2.50 bits per heavy atom. The van der Waals surface area contributed by atoms with Crippen LogP contribution in [0.2, 0.25) is 1.41 Å². The molecular weight excluding hydrogens is 54.0 g/mol. The van der Waals surface area contributed by atoms with Crippen molar-refractivity contribution >= 4 is 6.29 Å². The molecule has 0 aliphatic rings. The second-order valence-electron chi connectivity index (χ2n) is 0.371. The summed E-state index contributed by atoms with van der Waals surface area (Å²) in [5.41, 5.74) is 1.90. The highest BCUT2D eigenvalue weighted by Gasteiger charge is 1.51. The van der Waals surface area contributed by atoms with Gasteiger partial charge in [0.15, 0.2) is 0 Å². The molecule has 0 fully saturated rings. The van der Waals surface area contributed by atoms with Crippen LogP contribution in [0.1, 0.15) is 0 Å². The fourth-order valence-electron chi connectivity index (χ4n) is 0. The van der Waals surface area contributed by atoms with Gasteiger partial charge >= 0.3 is 0 Å². The van der Waals surface area contributed by atoms with Gasteiger partial charge in [0.1, 0.15) is 7.70 Å². The molecule has 0 aliphatic carbocycles. The maximum absolute atomic E-state index is 9.22. The van der Waals surface area contributed by atoms with Gasteiger partial charge < -0.3 is 10.5 Å². The van der Waals surface area contributed by atoms with E-state index >= 15 is 0 Å². The minimum atomic E-state index is 0.125. The first-order chi connectivity index (χ1) is 2.41. The molecule has 0 bridgehead atoms. The monoisotopic (exact) mass is 61.0 g/mol. The number of aldehydes is 1. The molecule has 0 amide bonds. The molecule has 4 heavy (non-hydrogen) atoms. The number of rotatable bonds is 2. The molecule has 0 aliphatic heterocycles. The molecule has 0 heterocycles. The number of carbonyl (C=O) groups is 1. The summed E-state index contributed by atoms with van der Waals surface area (Å²) >= 11 is 0. The lowest BCUT2D eigenvalue weighted by molar-refractivity contribution is -0.106. The Kier molecular flexibility index (Phi) is 1.25. The Bertz CT molecular complexity index is 30.8. The predicted octanol–water partition coefficient (Wildman–Crippen LogP) is -0.856. The van der Waals surface area contributed by atoms with E-state index in [-0.39, 0.29) is 6.54 Å². The smallest absolute Gasteiger partial charge is 0.133 e. The fourth-order valence-corrected chi connectivity index (χ4v) is 0. The van der Waals surface area contributed by atoms with Crippen molar-refractivity contribution in [2.24, 2.45) is 5.73 Å². The average Bonchev–Trinajstić information content (AvgIpc) is 1.41. The van der Waals surface area contributed by atoms with Gasteiger partial charge in [-0.25, -0.2) is 0 Å². The molecule has 0 aromatic carbocycles. The van der Waals surface area contributed by atoms with Crippen LogP contribution in [0.25, 0.3) is 0 Å². The van der Waals surface area contributed by atoms with Gasteiger partial charge in [0.2, 0.25) is 0 Å². The Morgan fingerprint density at radius 2 is 3.25 bits per heavy atom. The summed E-state index contributed by atoms with van der Waals surface area (Å²) in [6.45, 7) is 0.125. The molecule has 24 valence electrons. The molecule has 2 heteroatoms. The highest BCUT2D eigenvalue weighted by molar-refractivity contribution is 5.51. The lowest BCUT2D eigenvalue weighted by atomic mass is 10.8. The van der Waals surface area contributed by atoms with Crippen molar-refractivity contribution in [3.8, 4) is 0 Å². The van der Waals surface area contributed by atoms with Crippen molar-refractivity contribution in [1.82, 2.24) is 0 Å². The molecule has 0 radical (unpaired) electrons. The maximum Gasteiger partial charge on any atom is 0.133 e. The molecule has 0 aromatic rings. The number of carbonyl (C=O) groups excluding carboxylic acids is 1. The van der Waals surface area contributed by atoms with Crippen molar-refractivity contribution in [2.45, 2.75) is 0 Å². The standard InChI is InChI=1S/C2H5NO/c3-1-2-4/h2H,1,3H2/i/hT. The molecule has 0 rings (SSSR count). The Hall–Kier alpha value is -0.370. The van der Waals surface area contributed by atoms with Gasteiger partial charge in [-0.1, -0.05) is 0 Å². The second kappa shape index (κ2) is 2.63. The van der Waals surface area contributed by atoms with Crippen LogP contribution in [0.3, 0.4) is 0 Å². The number of hydrogen-bond donors (Lipinski definition) is 1. The summed E-state index contributed by atoms with van der Waals surface area (Å²) in [6.07, 6.45) is 0.632. The van der Waals surface area contributed by atoms with E-state index in [2.05, 4.69) is 0 Å². The molecule has 0 saturated carbocycles. The van der Waals surface area contributed by atoms with Crippen LogP contribution in [0.4, 0.5) is 0 Å². The normalized spacial score (nSPS) is 9.50. The zero-order chi connectivity index (χ0) is 4.12. The van der Waals surface area contributed by atoms with E-state index in [0.29, 0.717) is 6.29 Å². The van der Waals surface area contributed by atoms with E-state index in [1.54, 1.807) is 0 Å². The zero-order valence-electron chi connectivity index (χ0n) is 3.19. The third kappa shape index (κ3) is 1.63. The third-order valence-corrected chi connectivity index (χ3v) is 0.0833. The van der Waals surface area contributed by atoms with E-state index < -0.39 is 0 Å². The zero-order valence-corrected chi connectivity index (χ0v) is 2.19. The Labute approximate surface area is 26.1 Å². The molecule has 0 aromatic heterocycles. The summed E-state index contributed by atoms with van der Waals surface area (Å²) in [5, 5.41) is 0. The topological polar surface area (TPSA) is 43.1 Å². The highest BCUT2D eigenvalue weighted by Crippen LogP contribution is 1.18.